The molecule has 0 spiro atoms. The van der Waals surface area contributed by atoms with Gasteiger partial charge in [-0.1, -0.05) is 23.6 Å². The Morgan fingerprint density at radius 2 is 1.82 bits per heavy atom. The molecule has 1 unspecified atom stereocenters. The number of benzene rings is 2. The molecule has 0 bridgehead atoms. The van der Waals surface area contributed by atoms with E-state index < -0.39 is 76.9 Å². The summed E-state index contributed by atoms with van der Waals surface area (Å²) in [5.41, 5.74) is -2.29. The Kier molecular flexibility index (Phi) is 9.09. The van der Waals surface area contributed by atoms with E-state index in [2.05, 4.69) is 27.4 Å². The van der Waals surface area contributed by atoms with Crippen molar-refractivity contribution in [1.82, 2.24) is 29.9 Å². The molecule has 2 fully saturated rings. The third kappa shape index (κ3) is 6.68. The highest BCUT2D eigenvalue weighted by Gasteiger charge is 2.67. The van der Waals surface area contributed by atoms with Crippen molar-refractivity contribution in [3.05, 3.63) is 103 Å². The van der Waals surface area contributed by atoms with Gasteiger partial charge >= 0.3 is 0 Å². The van der Waals surface area contributed by atoms with Crippen molar-refractivity contribution in [3.8, 4) is 23.0 Å². The lowest BCUT2D eigenvalue weighted by Crippen LogP contribution is -2.35. The zero-order valence-electron chi connectivity index (χ0n) is 28.9. The number of pyridine rings is 1. The number of nitrogens with one attached hydrogen (secondary N) is 2. The maximum Gasteiger partial charge on any atom is 0.293 e. The first kappa shape index (κ1) is 36.8. The summed E-state index contributed by atoms with van der Waals surface area (Å²) in [5.74, 6) is -2.47. The van der Waals surface area contributed by atoms with Crippen LogP contribution in [0, 0.1) is 29.4 Å². The highest BCUT2D eigenvalue weighted by molar-refractivity contribution is 6.35. The van der Waals surface area contributed by atoms with Gasteiger partial charge in [-0.05, 0) is 60.6 Å². The number of amides is 1. The Morgan fingerprint density at radius 1 is 1.11 bits per heavy atom. The lowest BCUT2D eigenvalue weighted by molar-refractivity contribution is -0.123. The van der Waals surface area contributed by atoms with Crippen LogP contribution in [0.2, 0.25) is 5.02 Å². The summed E-state index contributed by atoms with van der Waals surface area (Å²) in [6, 6.07) is 7.74. The minimum atomic E-state index is -3.48. The van der Waals surface area contributed by atoms with Crippen molar-refractivity contribution in [3.63, 3.8) is 0 Å². The molecule has 1 aliphatic heterocycles. The molecular formula is C38H31ClF6N6O4. The number of aliphatic hydroxyl groups is 1. The number of aryl methyl sites for hydroxylation is 1. The number of aromatic nitrogens is 5. The summed E-state index contributed by atoms with van der Waals surface area (Å²) >= 11 is 6.43. The summed E-state index contributed by atoms with van der Waals surface area (Å²) in [6.45, 7) is -0.317. The molecule has 1 saturated heterocycles. The SMILES string of the molecule is Cn1[nH]c(=O)c2c(Cl)ccc(-c3ccc(C#CC4(O)CCOCC4)nc3C(Cc3cc(F)cc(F)c3)NC(=O)Cn3nc(C(F)F)c4c3C(F)(F)[C@@H]3C[C@H]43)c21. The fourth-order valence-electron chi connectivity index (χ4n) is 7.80. The van der Waals surface area contributed by atoms with Gasteiger partial charge in [-0.25, -0.2) is 22.5 Å². The predicted octanol–water partition coefficient (Wildman–Crippen LogP) is 6.20. The Bertz CT molecular complexity index is 2480. The largest absolute Gasteiger partial charge is 0.381 e. The standard InChI is InChI=1S/C38H31ClF6N6O4/c1-50-33-23(4-5-26(39)30(33)36(53)49-50)22-3-2-21(6-7-37(54)8-10-55-11-9-37)46-31(22)27(14-18-12-19(40)15-20(41)13-18)47-28(52)17-51-34-29(32(48-51)35(42)43)24-16-25(24)38(34,44)45/h2-5,12-13,15,24-25,27,35,54H,8-11,14,16-17H2,1H3,(H,47,52)(H,49,53)/t24-,25+,27?/m0/s1. The second-order valence-electron chi connectivity index (χ2n) is 14.1. The first-order valence-electron chi connectivity index (χ1n) is 17.4. The van der Waals surface area contributed by atoms with E-state index in [0.717, 1.165) is 12.1 Å². The van der Waals surface area contributed by atoms with Crippen LogP contribution in [-0.2, 0) is 35.5 Å². The van der Waals surface area contributed by atoms with Crippen molar-refractivity contribution < 1.29 is 41.0 Å². The summed E-state index contributed by atoms with van der Waals surface area (Å²) < 4.78 is 95.2. The van der Waals surface area contributed by atoms with Crippen LogP contribution in [-0.4, -0.2) is 54.4 Å². The van der Waals surface area contributed by atoms with Crippen LogP contribution < -0.4 is 10.9 Å². The number of halogens is 7. The summed E-state index contributed by atoms with van der Waals surface area (Å²) in [7, 11) is 1.58. The third-order valence-corrected chi connectivity index (χ3v) is 10.7. The number of nitrogens with zero attached hydrogens (tertiary/aromatic N) is 4. The van der Waals surface area contributed by atoms with Gasteiger partial charge in [0, 0.05) is 48.6 Å². The summed E-state index contributed by atoms with van der Waals surface area (Å²) in [4.78, 5) is 31.6. The van der Waals surface area contributed by atoms with Crippen LogP contribution in [0.15, 0.2) is 47.3 Å². The highest BCUT2D eigenvalue weighted by Crippen LogP contribution is 2.68. The van der Waals surface area contributed by atoms with E-state index in [9.17, 15) is 32.3 Å². The fourth-order valence-corrected chi connectivity index (χ4v) is 8.04. The van der Waals surface area contributed by atoms with Crippen molar-refractivity contribution in [2.24, 2.45) is 13.0 Å². The second-order valence-corrected chi connectivity index (χ2v) is 14.5. The van der Waals surface area contributed by atoms with Gasteiger partial charge in [0.15, 0.2) is 0 Å². The van der Waals surface area contributed by atoms with Crippen LogP contribution in [0.3, 0.4) is 0 Å². The Hall–Kier alpha value is -5.11. The van der Waals surface area contributed by atoms with E-state index in [4.69, 9.17) is 21.3 Å². The Morgan fingerprint density at radius 3 is 2.53 bits per heavy atom. The highest BCUT2D eigenvalue weighted by atomic mass is 35.5. The lowest BCUT2D eigenvalue weighted by atomic mass is 9.93. The molecule has 8 rings (SSSR count). The van der Waals surface area contributed by atoms with Gasteiger partial charge in [-0.2, -0.15) is 13.9 Å². The van der Waals surface area contributed by atoms with Gasteiger partial charge in [0.25, 0.3) is 17.9 Å². The first-order valence-corrected chi connectivity index (χ1v) is 17.7. The summed E-state index contributed by atoms with van der Waals surface area (Å²) in [5, 5.41) is 20.4. The second kappa shape index (κ2) is 13.6. The number of ether oxygens (including phenoxy) is 1. The molecule has 1 saturated carbocycles. The average Bonchev–Trinajstić information content (AvgIpc) is 3.67. The molecule has 10 nitrogen and oxygen atoms in total. The maximum atomic E-state index is 15.4. The number of rotatable bonds is 8. The number of H-pyrrole nitrogens is 1. The smallest absolute Gasteiger partial charge is 0.293 e. The molecule has 2 aliphatic carbocycles. The number of fused-ring (bicyclic) bond motifs is 4. The van der Waals surface area contributed by atoms with Crippen molar-refractivity contribution in [2.45, 2.75) is 62.1 Å². The fraction of sp³-hybridized carbons (Fsp3) is 0.368. The van der Waals surface area contributed by atoms with Crippen LogP contribution in [0.5, 0.6) is 0 Å². The molecule has 1 amide bonds. The number of carbonyl (C=O) groups is 1. The van der Waals surface area contributed by atoms with Gasteiger partial charge in [0.05, 0.1) is 40.9 Å². The normalized spacial score (nSPS) is 19.8. The Labute approximate surface area is 313 Å². The quantitative estimate of drug-likeness (QED) is 0.127. The molecule has 5 aromatic rings. The number of hydrogen-bond acceptors (Lipinski definition) is 6. The van der Waals surface area contributed by atoms with Crippen LogP contribution in [0.1, 0.15) is 71.6 Å². The van der Waals surface area contributed by atoms with E-state index in [1.54, 1.807) is 25.2 Å². The molecule has 3 N–H and O–H groups in total. The van der Waals surface area contributed by atoms with Gasteiger partial charge in [-0.15, -0.1) is 0 Å². The third-order valence-electron chi connectivity index (χ3n) is 10.4. The first-order chi connectivity index (χ1) is 26.1. The van der Waals surface area contributed by atoms with E-state index in [1.165, 1.54) is 10.7 Å². The summed E-state index contributed by atoms with van der Waals surface area (Å²) in [6.07, 6.45) is -2.94. The topological polar surface area (TPSA) is 127 Å². The zero-order chi connectivity index (χ0) is 39.0. The molecular weight excluding hydrogens is 754 g/mol. The van der Waals surface area contributed by atoms with Gasteiger partial charge in [-0.3, -0.25) is 24.1 Å². The molecule has 3 aliphatic rings. The van der Waals surface area contributed by atoms with Crippen molar-refractivity contribution >= 4 is 28.4 Å². The molecule has 0 radical (unpaired) electrons. The molecule has 3 aromatic heterocycles. The zero-order valence-corrected chi connectivity index (χ0v) is 29.7. The molecule has 286 valence electrons. The van der Waals surface area contributed by atoms with Gasteiger partial charge in [0.2, 0.25) is 5.91 Å². The predicted molar refractivity (Wildman–Crippen MR) is 187 cm³/mol. The van der Waals surface area contributed by atoms with Gasteiger partial charge < -0.3 is 15.2 Å². The van der Waals surface area contributed by atoms with Gasteiger partial charge in [0.1, 0.15) is 40.9 Å². The number of aromatic amines is 1. The van der Waals surface area contributed by atoms with E-state index in [0.29, 0.717) is 27.4 Å². The average molecular weight is 785 g/mol. The van der Waals surface area contributed by atoms with Crippen molar-refractivity contribution in [2.75, 3.05) is 13.2 Å². The number of alkyl halides is 4. The molecule has 55 heavy (non-hydrogen) atoms. The van der Waals surface area contributed by atoms with Crippen LogP contribution in [0.25, 0.3) is 22.0 Å². The molecule has 17 heteroatoms. The lowest BCUT2D eigenvalue weighted by Gasteiger charge is -2.26. The van der Waals surface area contributed by atoms with E-state index in [-0.39, 0.29) is 71.8 Å². The monoisotopic (exact) mass is 784 g/mol. The number of carbonyl (C=O) groups excluding carboxylic acids is 1. The number of hydrogen-bond donors (Lipinski definition) is 3. The van der Waals surface area contributed by atoms with E-state index >= 15 is 8.78 Å². The maximum absolute atomic E-state index is 15.4. The van der Waals surface area contributed by atoms with Crippen molar-refractivity contribution in [1.29, 1.82) is 0 Å². The minimum absolute atomic E-state index is 0.0352. The van der Waals surface area contributed by atoms with Crippen LogP contribution in [0.4, 0.5) is 26.3 Å². The molecule has 4 heterocycles. The van der Waals surface area contributed by atoms with E-state index in [1.807, 2.05) is 0 Å². The molecule has 2 aromatic carbocycles. The minimum Gasteiger partial charge on any atom is -0.381 e. The Balaban J connectivity index is 1.26. The van der Waals surface area contributed by atoms with Crippen LogP contribution >= 0.6 is 11.6 Å². The molecule has 3 atom stereocenters.